The molecule has 70 valence electrons. The first-order valence-corrected chi connectivity index (χ1v) is 4.66. The number of allylic oxidation sites excluding steroid dienone is 1. The summed E-state index contributed by atoms with van der Waals surface area (Å²) in [7, 11) is 0. The van der Waals surface area contributed by atoms with Gasteiger partial charge in [-0.05, 0) is 6.08 Å². The maximum Gasteiger partial charge on any atom is 0.206 e. The molecule has 0 unspecified atom stereocenters. The average molecular weight is 180 g/mol. The summed E-state index contributed by atoms with van der Waals surface area (Å²) in [6, 6.07) is 0. The molecule has 4 atom stereocenters. The Kier molecular flexibility index (Phi) is 1.51. The lowest BCUT2D eigenvalue weighted by Gasteiger charge is -2.39. The summed E-state index contributed by atoms with van der Waals surface area (Å²) in [5.74, 6) is 2.02. The Hall–Kier alpha value is -0.800. The van der Waals surface area contributed by atoms with E-state index in [1.54, 1.807) is 0 Å². The van der Waals surface area contributed by atoms with Crippen molar-refractivity contribution in [1.82, 2.24) is 0 Å². The molecular weight excluding hydrogens is 168 g/mol. The van der Waals surface area contributed by atoms with Crippen LogP contribution in [0.5, 0.6) is 0 Å². The Balaban J connectivity index is 1.96. The van der Waals surface area contributed by atoms with Crippen LogP contribution in [0, 0.1) is 17.8 Å². The van der Waals surface area contributed by atoms with Gasteiger partial charge in [-0.2, -0.15) is 0 Å². The Morgan fingerprint density at radius 2 is 2.31 bits per heavy atom. The van der Waals surface area contributed by atoms with Crippen molar-refractivity contribution >= 4 is 0 Å². The Morgan fingerprint density at radius 3 is 3.15 bits per heavy atom. The van der Waals surface area contributed by atoms with Crippen LogP contribution in [-0.4, -0.2) is 24.6 Å². The van der Waals surface area contributed by atoms with Gasteiger partial charge in [-0.1, -0.05) is 12.2 Å². The molecule has 2 aliphatic heterocycles. The van der Waals surface area contributed by atoms with Gasteiger partial charge in [0.05, 0.1) is 6.61 Å². The van der Waals surface area contributed by atoms with E-state index in [1.165, 1.54) is 0 Å². The first-order chi connectivity index (χ1) is 6.38. The summed E-state index contributed by atoms with van der Waals surface area (Å²) in [6.07, 6.45) is 6.27. The van der Waals surface area contributed by atoms with E-state index in [2.05, 4.69) is 12.2 Å². The van der Waals surface area contributed by atoms with E-state index in [0.717, 1.165) is 6.61 Å². The largest absolute Gasteiger partial charge is 0.467 e. The maximum atomic E-state index is 8.97. The van der Waals surface area contributed by atoms with Gasteiger partial charge in [-0.25, -0.2) is 0 Å². The summed E-state index contributed by atoms with van der Waals surface area (Å²) in [4.78, 5) is 0. The fourth-order valence-electron chi connectivity index (χ4n) is 2.41. The van der Waals surface area contributed by atoms with Crippen LogP contribution in [0.15, 0.2) is 24.0 Å². The first-order valence-electron chi connectivity index (χ1n) is 4.66. The summed E-state index contributed by atoms with van der Waals surface area (Å²) in [5.41, 5.74) is 0. The van der Waals surface area contributed by atoms with E-state index in [4.69, 9.17) is 14.6 Å². The highest BCUT2D eigenvalue weighted by Gasteiger charge is 2.44. The summed E-state index contributed by atoms with van der Waals surface area (Å²) in [6.45, 7) is 0.730. The first kappa shape index (κ1) is 7.59. The van der Waals surface area contributed by atoms with Crippen LogP contribution < -0.4 is 0 Å². The van der Waals surface area contributed by atoms with Crippen LogP contribution in [0.4, 0.5) is 0 Å². The van der Waals surface area contributed by atoms with Gasteiger partial charge in [0, 0.05) is 17.8 Å². The second kappa shape index (κ2) is 2.59. The second-order valence-electron chi connectivity index (χ2n) is 3.81. The normalized spacial score (nSPS) is 45.8. The molecule has 1 saturated heterocycles. The lowest BCUT2D eigenvalue weighted by Crippen LogP contribution is -2.41. The molecule has 0 aromatic carbocycles. The Bertz CT molecular complexity index is 282. The molecule has 2 heterocycles. The van der Waals surface area contributed by atoms with Gasteiger partial charge in [-0.3, -0.25) is 0 Å². The van der Waals surface area contributed by atoms with Gasteiger partial charge in [-0.15, -0.1) is 0 Å². The fourth-order valence-corrected chi connectivity index (χ4v) is 2.41. The molecule has 0 radical (unpaired) electrons. The standard InChI is InChI=1S/C10H12O3/c11-4-7-3-9-6-1-2-8(9)10(13-7)12-5-6/h1-3,6,8-11H,4-5H2/t6-,8-,9+,10-/m0/s1. The van der Waals surface area contributed by atoms with E-state index < -0.39 is 0 Å². The smallest absolute Gasteiger partial charge is 0.206 e. The fraction of sp³-hybridized carbons (Fsp3) is 0.600. The third-order valence-electron chi connectivity index (χ3n) is 3.09. The molecular formula is C10H12O3. The highest BCUT2D eigenvalue weighted by molar-refractivity contribution is 5.20. The highest BCUT2D eigenvalue weighted by Crippen LogP contribution is 2.44. The predicted octanol–water partition coefficient (Wildman–Crippen LogP) is 0.667. The van der Waals surface area contributed by atoms with Crippen LogP contribution in [0.1, 0.15) is 0 Å². The van der Waals surface area contributed by atoms with Gasteiger partial charge in [0.15, 0.2) is 0 Å². The molecule has 0 saturated carbocycles. The number of rotatable bonds is 1. The van der Waals surface area contributed by atoms with Gasteiger partial charge in [0.2, 0.25) is 6.29 Å². The zero-order valence-electron chi connectivity index (χ0n) is 7.22. The molecule has 3 nitrogen and oxygen atoms in total. The minimum atomic E-state index is -0.160. The monoisotopic (exact) mass is 180 g/mol. The molecule has 1 N–H and O–H groups in total. The third-order valence-corrected chi connectivity index (χ3v) is 3.09. The van der Waals surface area contributed by atoms with Gasteiger partial charge < -0.3 is 14.6 Å². The molecule has 13 heavy (non-hydrogen) atoms. The van der Waals surface area contributed by atoms with Crippen LogP contribution >= 0.6 is 0 Å². The third kappa shape index (κ3) is 0.974. The molecule has 0 amide bonds. The van der Waals surface area contributed by atoms with Crippen molar-refractivity contribution in [3.63, 3.8) is 0 Å². The number of aliphatic hydroxyl groups is 1. The van der Waals surface area contributed by atoms with E-state index in [-0.39, 0.29) is 12.9 Å². The molecule has 3 aliphatic rings. The molecule has 0 aromatic heterocycles. The second-order valence-corrected chi connectivity index (χ2v) is 3.81. The highest BCUT2D eigenvalue weighted by atomic mass is 16.7. The van der Waals surface area contributed by atoms with E-state index in [9.17, 15) is 0 Å². The zero-order valence-corrected chi connectivity index (χ0v) is 7.22. The van der Waals surface area contributed by atoms with Gasteiger partial charge in [0.1, 0.15) is 12.4 Å². The minimum Gasteiger partial charge on any atom is -0.467 e. The topological polar surface area (TPSA) is 38.7 Å². The van der Waals surface area contributed by atoms with Crippen molar-refractivity contribution in [3.8, 4) is 0 Å². The molecule has 3 heteroatoms. The predicted molar refractivity (Wildman–Crippen MR) is 45.6 cm³/mol. The van der Waals surface area contributed by atoms with Crippen LogP contribution in [0.25, 0.3) is 0 Å². The lowest BCUT2D eigenvalue weighted by molar-refractivity contribution is -0.191. The van der Waals surface area contributed by atoms with E-state index >= 15 is 0 Å². The van der Waals surface area contributed by atoms with Crippen molar-refractivity contribution in [2.24, 2.45) is 17.8 Å². The average Bonchev–Trinajstić information content (AvgIpc) is 2.42. The van der Waals surface area contributed by atoms with Crippen LogP contribution in [0.2, 0.25) is 0 Å². The maximum absolute atomic E-state index is 8.97. The van der Waals surface area contributed by atoms with Crippen LogP contribution in [-0.2, 0) is 9.47 Å². The molecule has 0 aromatic rings. The van der Waals surface area contributed by atoms with Crippen LogP contribution in [0.3, 0.4) is 0 Å². The zero-order chi connectivity index (χ0) is 8.84. The van der Waals surface area contributed by atoms with E-state index in [1.807, 2.05) is 6.08 Å². The Morgan fingerprint density at radius 1 is 1.38 bits per heavy atom. The molecule has 1 aliphatic carbocycles. The summed E-state index contributed by atoms with van der Waals surface area (Å²) in [5, 5.41) is 8.97. The lowest BCUT2D eigenvalue weighted by atomic mass is 9.84. The molecule has 3 rings (SSSR count). The van der Waals surface area contributed by atoms with Crippen molar-refractivity contribution < 1.29 is 14.6 Å². The van der Waals surface area contributed by atoms with Gasteiger partial charge >= 0.3 is 0 Å². The molecule has 1 fully saturated rings. The summed E-state index contributed by atoms with van der Waals surface area (Å²) < 4.78 is 11.0. The van der Waals surface area contributed by atoms with Crippen molar-refractivity contribution in [2.45, 2.75) is 6.29 Å². The Labute approximate surface area is 76.6 Å². The molecule has 0 spiro atoms. The number of aliphatic hydroxyl groups excluding tert-OH is 1. The summed E-state index contributed by atoms with van der Waals surface area (Å²) >= 11 is 0. The minimum absolute atomic E-state index is 0.0181. The van der Waals surface area contributed by atoms with Crippen molar-refractivity contribution in [1.29, 1.82) is 0 Å². The van der Waals surface area contributed by atoms with Gasteiger partial charge in [0.25, 0.3) is 0 Å². The number of ether oxygens (including phenoxy) is 2. The quantitative estimate of drug-likeness (QED) is 0.603. The van der Waals surface area contributed by atoms with Crippen molar-refractivity contribution in [2.75, 3.05) is 13.2 Å². The van der Waals surface area contributed by atoms with E-state index in [0.29, 0.717) is 23.5 Å². The number of hydrogen-bond donors (Lipinski definition) is 1. The van der Waals surface area contributed by atoms with Crippen molar-refractivity contribution in [3.05, 3.63) is 24.0 Å². The SMILES string of the molecule is OCC1=C[C@H]2[C@@H]3C=C[C@H]2CO[C@H]3O1. The number of hydrogen-bond acceptors (Lipinski definition) is 3. The molecule has 4 bridgehead atoms.